The van der Waals surface area contributed by atoms with Crippen molar-refractivity contribution in [1.29, 1.82) is 0 Å². The van der Waals surface area contributed by atoms with Crippen LogP contribution in [0.2, 0.25) is 0 Å². The summed E-state index contributed by atoms with van der Waals surface area (Å²) in [5, 5.41) is 0. The van der Waals surface area contributed by atoms with Crippen molar-refractivity contribution >= 4 is 11.8 Å². The predicted octanol–water partition coefficient (Wildman–Crippen LogP) is 3.84. The summed E-state index contributed by atoms with van der Waals surface area (Å²) in [4.78, 5) is 26.2. The van der Waals surface area contributed by atoms with Gasteiger partial charge >= 0.3 is 5.97 Å². The van der Waals surface area contributed by atoms with E-state index in [0.29, 0.717) is 50.6 Å². The van der Waals surface area contributed by atoms with Gasteiger partial charge < -0.3 is 23.7 Å². The SMILES string of the molecule is CC1CC2(CCC1=O)OCCO2.CC1CC2(CCC1N1CCC[C@H]1C(=O)OC(C)(C)C)OCCO2. The molecule has 3 heterocycles. The number of likely N-dealkylation sites (tertiary alicyclic amines) is 1. The van der Waals surface area contributed by atoms with E-state index in [2.05, 4.69) is 11.8 Å². The Balaban J connectivity index is 0.000000201. The zero-order valence-electron chi connectivity index (χ0n) is 22.3. The molecule has 3 unspecified atom stereocenters. The first kappa shape index (κ1) is 27.0. The Kier molecular flexibility index (Phi) is 8.28. The molecule has 200 valence electrons. The fraction of sp³-hybridized carbons (Fsp3) is 0.926. The summed E-state index contributed by atoms with van der Waals surface area (Å²) in [5.74, 6) is 0.113. The second kappa shape index (κ2) is 10.7. The first-order valence-electron chi connectivity index (χ1n) is 13.6. The van der Waals surface area contributed by atoms with Crippen molar-refractivity contribution in [2.24, 2.45) is 11.8 Å². The molecule has 8 heteroatoms. The molecule has 3 saturated heterocycles. The van der Waals surface area contributed by atoms with Gasteiger partial charge in [-0.2, -0.15) is 0 Å². The molecule has 5 rings (SSSR count). The fourth-order valence-electron chi connectivity index (χ4n) is 6.44. The second-order valence-electron chi connectivity index (χ2n) is 12.0. The number of carbonyl (C=O) groups excluding carboxylic acids is 2. The van der Waals surface area contributed by atoms with E-state index in [-0.39, 0.29) is 23.7 Å². The standard InChI is InChI=1S/C18H31NO4.C9H14O3/c1-13-12-18(21-10-11-22-18)8-7-14(13)19-9-5-6-15(19)16(20)23-17(2,3)4;1-7-6-9(3-2-8(7)10)11-4-5-12-9/h13-15H,5-12H2,1-4H3;7H,2-6H2,1H3/t13?,14?,15-;/m0./s1. The Morgan fingerprint density at radius 2 is 1.54 bits per heavy atom. The van der Waals surface area contributed by atoms with Crippen LogP contribution in [0.4, 0.5) is 0 Å². The van der Waals surface area contributed by atoms with Gasteiger partial charge in [0.25, 0.3) is 0 Å². The second-order valence-corrected chi connectivity index (χ2v) is 12.0. The molecule has 3 aliphatic heterocycles. The van der Waals surface area contributed by atoms with Crippen LogP contribution < -0.4 is 0 Å². The number of rotatable bonds is 2. The van der Waals surface area contributed by atoms with Crippen molar-refractivity contribution in [3.63, 3.8) is 0 Å². The molecule has 0 radical (unpaired) electrons. The third kappa shape index (κ3) is 6.45. The van der Waals surface area contributed by atoms with Crippen molar-refractivity contribution in [1.82, 2.24) is 4.90 Å². The molecule has 4 atom stereocenters. The lowest BCUT2D eigenvalue weighted by Gasteiger charge is -2.44. The minimum atomic E-state index is -0.418. The zero-order chi connectivity index (χ0) is 25.3. The molecule has 8 nitrogen and oxygen atoms in total. The van der Waals surface area contributed by atoms with Gasteiger partial charge in [-0.15, -0.1) is 0 Å². The number of ketones is 1. The number of Topliss-reactive ketones (excluding diaryl/α,β-unsaturated/α-hetero) is 1. The van der Waals surface area contributed by atoms with Gasteiger partial charge in [0.2, 0.25) is 0 Å². The molecule has 0 N–H and O–H groups in total. The minimum absolute atomic E-state index is 0.0594. The van der Waals surface area contributed by atoms with Gasteiger partial charge in [-0.1, -0.05) is 13.8 Å². The van der Waals surface area contributed by atoms with Crippen molar-refractivity contribution in [3.8, 4) is 0 Å². The minimum Gasteiger partial charge on any atom is -0.459 e. The van der Waals surface area contributed by atoms with Crippen LogP contribution in [0, 0.1) is 11.8 Å². The Bertz CT molecular complexity index is 751. The molecule has 0 aromatic rings. The van der Waals surface area contributed by atoms with Crippen LogP contribution in [0.25, 0.3) is 0 Å². The number of hydrogen-bond donors (Lipinski definition) is 0. The molecule has 2 saturated carbocycles. The lowest BCUT2D eigenvalue weighted by Crippen LogP contribution is -2.52. The summed E-state index contributed by atoms with van der Waals surface area (Å²) >= 11 is 0. The van der Waals surface area contributed by atoms with E-state index < -0.39 is 11.4 Å². The highest BCUT2D eigenvalue weighted by Crippen LogP contribution is 2.42. The van der Waals surface area contributed by atoms with E-state index in [9.17, 15) is 9.59 Å². The molecule has 35 heavy (non-hydrogen) atoms. The highest BCUT2D eigenvalue weighted by atomic mass is 16.7. The maximum atomic E-state index is 12.6. The Hall–Kier alpha value is -1.06. The number of nitrogens with zero attached hydrogens (tertiary/aromatic N) is 1. The van der Waals surface area contributed by atoms with Crippen LogP contribution in [0.3, 0.4) is 0 Å². The van der Waals surface area contributed by atoms with E-state index in [1.165, 1.54) is 0 Å². The van der Waals surface area contributed by atoms with Gasteiger partial charge in [0.1, 0.15) is 17.4 Å². The van der Waals surface area contributed by atoms with Crippen molar-refractivity contribution in [2.45, 2.75) is 115 Å². The summed E-state index contributed by atoms with van der Waals surface area (Å²) in [6.45, 7) is 13.8. The topological polar surface area (TPSA) is 83.5 Å². The van der Waals surface area contributed by atoms with Gasteiger partial charge in [0.05, 0.1) is 26.4 Å². The molecule has 5 aliphatic rings. The smallest absolute Gasteiger partial charge is 0.323 e. The lowest BCUT2D eigenvalue weighted by atomic mass is 9.80. The third-order valence-corrected chi connectivity index (χ3v) is 8.06. The van der Waals surface area contributed by atoms with E-state index in [1.807, 2.05) is 27.7 Å². The molecule has 2 aliphatic carbocycles. The molecule has 5 fully saturated rings. The Labute approximate surface area is 210 Å². The largest absolute Gasteiger partial charge is 0.459 e. The average molecular weight is 496 g/mol. The van der Waals surface area contributed by atoms with Crippen molar-refractivity contribution in [2.75, 3.05) is 33.0 Å². The highest BCUT2D eigenvalue weighted by Gasteiger charge is 2.48. The van der Waals surface area contributed by atoms with Crippen LogP contribution in [0.1, 0.15) is 86.0 Å². The summed E-state index contributed by atoms with van der Waals surface area (Å²) < 4.78 is 28.4. The lowest BCUT2D eigenvalue weighted by molar-refractivity contribution is -0.196. The van der Waals surface area contributed by atoms with Gasteiger partial charge in [0.15, 0.2) is 11.6 Å². The van der Waals surface area contributed by atoms with Crippen molar-refractivity contribution in [3.05, 3.63) is 0 Å². The molecular formula is C27H45NO7. The number of esters is 1. The Morgan fingerprint density at radius 3 is 2.09 bits per heavy atom. The van der Waals surface area contributed by atoms with Crippen LogP contribution in [-0.4, -0.2) is 78.9 Å². The van der Waals surface area contributed by atoms with Crippen LogP contribution in [0.5, 0.6) is 0 Å². The normalized spacial score (nSPS) is 34.7. The van der Waals surface area contributed by atoms with Crippen LogP contribution >= 0.6 is 0 Å². The first-order valence-corrected chi connectivity index (χ1v) is 13.6. The van der Waals surface area contributed by atoms with Crippen molar-refractivity contribution < 1.29 is 33.3 Å². The predicted molar refractivity (Wildman–Crippen MR) is 130 cm³/mol. The zero-order valence-corrected chi connectivity index (χ0v) is 22.3. The molecule has 0 aromatic heterocycles. The van der Waals surface area contributed by atoms with Gasteiger partial charge in [-0.25, -0.2) is 0 Å². The maximum absolute atomic E-state index is 12.6. The summed E-state index contributed by atoms with van der Waals surface area (Å²) in [6, 6.07) is 0.342. The monoisotopic (exact) mass is 495 g/mol. The maximum Gasteiger partial charge on any atom is 0.323 e. The Morgan fingerprint density at radius 1 is 0.943 bits per heavy atom. The van der Waals surface area contributed by atoms with Crippen LogP contribution in [-0.2, 0) is 33.3 Å². The highest BCUT2D eigenvalue weighted by molar-refractivity contribution is 5.81. The summed E-state index contributed by atoms with van der Waals surface area (Å²) in [5.41, 5.74) is -0.418. The number of carbonyl (C=O) groups is 2. The summed E-state index contributed by atoms with van der Waals surface area (Å²) in [6.07, 6.45) is 6.97. The fourth-order valence-corrected chi connectivity index (χ4v) is 6.44. The van der Waals surface area contributed by atoms with E-state index in [0.717, 1.165) is 51.5 Å². The first-order chi connectivity index (χ1) is 16.5. The third-order valence-electron chi connectivity index (χ3n) is 8.06. The average Bonchev–Trinajstić information content (AvgIpc) is 3.53. The van der Waals surface area contributed by atoms with Gasteiger partial charge in [-0.05, 0) is 52.5 Å². The molecular weight excluding hydrogens is 450 g/mol. The molecule has 0 bridgehead atoms. The van der Waals surface area contributed by atoms with E-state index in [1.54, 1.807) is 0 Å². The molecule has 0 aromatic carbocycles. The number of ether oxygens (including phenoxy) is 5. The summed E-state index contributed by atoms with van der Waals surface area (Å²) in [7, 11) is 0. The van der Waals surface area contributed by atoms with Crippen LogP contribution in [0.15, 0.2) is 0 Å². The number of hydrogen-bond acceptors (Lipinski definition) is 8. The molecule has 0 amide bonds. The van der Waals surface area contributed by atoms with E-state index >= 15 is 0 Å². The van der Waals surface area contributed by atoms with Gasteiger partial charge in [-0.3, -0.25) is 14.5 Å². The quantitative estimate of drug-likeness (QED) is 0.535. The molecule has 2 spiro atoms. The van der Waals surface area contributed by atoms with Gasteiger partial charge in [0, 0.05) is 44.1 Å². The van der Waals surface area contributed by atoms with E-state index in [4.69, 9.17) is 23.7 Å².